The van der Waals surface area contributed by atoms with Gasteiger partial charge in [0.05, 0.1) is 10.7 Å². The Hall–Kier alpha value is -2.44. The average Bonchev–Trinajstić information content (AvgIpc) is 2.69. The monoisotopic (exact) mass is 386 g/mol. The number of pyridine rings is 1. The van der Waals surface area contributed by atoms with E-state index in [4.69, 9.17) is 11.6 Å². The predicted molar refractivity (Wildman–Crippen MR) is 105 cm³/mol. The Labute approximate surface area is 163 Å². The second-order valence-corrected chi connectivity index (χ2v) is 7.13. The summed E-state index contributed by atoms with van der Waals surface area (Å²) in [5.41, 5.74) is 1.69. The molecule has 2 amide bonds. The van der Waals surface area contributed by atoms with Crippen molar-refractivity contribution in [3.63, 3.8) is 0 Å². The van der Waals surface area contributed by atoms with Crippen LogP contribution >= 0.6 is 11.6 Å². The topological polar surface area (TPSA) is 74.3 Å². The summed E-state index contributed by atoms with van der Waals surface area (Å²) in [6.45, 7) is 3.39. The second kappa shape index (κ2) is 9.48. The molecule has 1 aromatic heterocycles. The Kier molecular flexibility index (Phi) is 6.79. The zero-order valence-corrected chi connectivity index (χ0v) is 15.8. The number of rotatable bonds is 5. The number of hydrogen-bond donors (Lipinski definition) is 2. The van der Waals surface area contributed by atoms with Gasteiger partial charge in [-0.05, 0) is 61.7 Å². The van der Waals surface area contributed by atoms with Crippen molar-refractivity contribution in [3.8, 4) is 0 Å². The Morgan fingerprint density at radius 2 is 1.78 bits per heavy atom. The lowest BCUT2D eigenvalue weighted by Gasteiger charge is -2.32. The SMILES string of the molecule is O=C(NCC1CCN(Cc2ccncc2)CC1)C(=O)Nc1ccccc1Cl. The van der Waals surface area contributed by atoms with E-state index in [0.29, 0.717) is 23.2 Å². The van der Waals surface area contributed by atoms with Gasteiger partial charge in [0.15, 0.2) is 0 Å². The van der Waals surface area contributed by atoms with E-state index >= 15 is 0 Å². The van der Waals surface area contributed by atoms with Crippen molar-refractivity contribution >= 4 is 29.1 Å². The fraction of sp³-hybridized carbons (Fsp3) is 0.350. The Bertz CT molecular complexity index is 777. The van der Waals surface area contributed by atoms with Crippen molar-refractivity contribution in [2.45, 2.75) is 19.4 Å². The fourth-order valence-electron chi connectivity index (χ4n) is 3.15. The molecule has 142 valence electrons. The molecule has 27 heavy (non-hydrogen) atoms. The molecule has 0 unspecified atom stereocenters. The molecule has 1 aromatic carbocycles. The zero-order valence-electron chi connectivity index (χ0n) is 15.0. The van der Waals surface area contributed by atoms with Crippen molar-refractivity contribution in [2.75, 3.05) is 25.0 Å². The lowest BCUT2D eigenvalue weighted by atomic mass is 9.96. The van der Waals surface area contributed by atoms with Gasteiger partial charge in [0, 0.05) is 25.5 Å². The lowest BCUT2D eigenvalue weighted by Crippen LogP contribution is -2.41. The first-order valence-corrected chi connectivity index (χ1v) is 9.44. The van der Waals surface area contributed by atoms with Gasteiger partial charge >= 0.3 is 11.8 Å². The number of anilines is 1. The number of nitrogens with one attached hydrogen (secondary N) is 2. The number of para-hydroxylation sites is 1. The molecule has 1 aliphatic rings. The largest absolute Gasteiger partial charge is 0.348 e. The highest BCUT2D eigenvalue weighted by atomic mass is 35.5. The quantitative estimate of drug-likeness (QED) is 0.775. The normalized spacial score (nSPS) is 15.3. The van der Waals surface area contributed by atoms with Crippen LogP contribution in [0.15, 0.2) is 48.8 Å². The summed E-state index contributed by atoms with van der Waals surface area (Å²) in [5.74, 6) is -0.942. The highest BCUT2D eigenvalue weighted by Gasteiger charge is 2.21. The molecule has 3 rings (SSSR count). The van der Waals surface area contributed by atoms with E-state index in [1.165, 1.54) is 5.56 Å². The van der Waals surface area contributed by atoms with Crippen molar-refractivity contribution in [2.24, 2.45) is 5.92 Å². The van der Waals surface area contributed by atoms with Gasteiger partial charge in [0.2, 0.25) is 0 Å². The van der Waals surface area contributed by atoms with Gasteiger partial charge in [-0.15, -0.1) is 0 Å². The van der Waals surface area contributed by atoms with Gasteiger partial charge in [0.25, 0.3) is 0 Å². The van der Waals surface area contributed by atoms with Crippen molar-refractivity contribution < 1.29 is 9.59 Å². The van der Waals surface area contributed by atoms with Crippen LogP contribution in [0, 0.1) is 5.92 Å². The van der Waals surface area contributed by atoms with Crippen LogP contribution in [-0.2, 0) is 16.1 Å². The fourth-order valence-corrected chi connectivity index (χ4v) is 3.34. The zero-order chi connectivity index (χ0) is 19.1. The van der Waals surface area contributed by atoms with E-state index in [9.17, 15) is 9.59 Å². The van der Waals surface area contributed by atoms with E-state index in [1.54, 1.807) is 24.3 Å². The van der Waals surface area contributed by atoms with Gasteiger partial charge in [0.1, 0.15) is 0 Å². The van der Waals surface area contributed by atoms with Crippen LogP contribution in [0.3, 0.4) is 0 Å². The molecule has 0 saturated carbocycles. The minimum Gasteiger partial charge on any atom is -0.348 e. The predicted octanol–water partition coefficient (Wildman–Crippen LogP) is 2.70. The third-order valence-electron chi connectivity index (χ3n) is 4.74. The number of amides is 2. The number of likely N-dealkylation sites (tertiary alicyclic amines) is 1. The van der Waals surface area contributed by atoms with E-state index in [-0.39, 0.29) is 0 Å². The highest BCUT2D eigenvalue weighted by Crippen LogP contribution is 2.20. The van der Waals surface area contributed by atoms with Gasteiger partial charge < -0.3 is 10.6 Å². The van der Waals surface area contributed by atoms with Gasteiger partial charge in [-0.2, -0.15) is 0 Å². The molecule has 0 atom stereocenters. The first-order valence-electron chi connectivity index (χ1n) is 9.07. The van der Waals surface area contributed by atoms with E-state index < -0.39 is 11.8 Å². The molecular formula is C20H23ClN4O2. The van der Waals surface area contributed by atoms with Crippen LogP contribution in [-0.4, -0.2) is 41.3 Å². The van der Waals surface area contributed by atoms with E-state index in [0.717, 1.165) is 32.5 Å². The molecule has 1 saturated heterocycles. The summed E-state index contributed by atoms with van der Waals surface area (Å²) >= 11 is 5.99. The summed E-state index contributed by atoms with van der Waals surface area (Å²) in [7, 11) is 0. The van der Waals surface area contributed by atoms with Crippen molar-refractivity contribution in [1.29, 1.82) is 0 Å². The standard InChI is InChI=1S/C20H23ClN4O2/c21-17-3-1-2-4-18(17)24-20(27)19(26)23-13-15-7-11-25(12-8-15)14-16-5-9-22-10-6-16/h1-6,9-10,15H,7-8,11-14H2,(H,23,26)(H,24,27). The second-order valence-electron chi connectivity index (χ2n) is 6.72. The molecule has 2 N–H and O–H groups in total. The Balaban J connectivity index is 1.38. The summed E-state index contributed by atoms with van der Waals surface area (Å²) in [6, 6.07) is 10.9. The number of benzene rings is 1. The number of piperidine rings is 1. The molecule has 1 fully saturated rings. The minimum absolute atomic E-state index is 0.385. The van der Waals surface area contributed by atoms with Crippen molar-refractivity contribution in [3.05, 3.63) is 59.4 Å². The molecule has 6 nitrogen and oxygen atoms in total. The third kappa shape index (κ3) is 5.77. The maximum absolute atomic E-state index is 12.0. The summed E-state index contributed by atoms with van der Waals surface area (Å²) < 4.78 is 0. The smallest absolute Gasteiger partial charge is 0.313 e. The maximum atomic E-state index is 12.0. The first-order chi connectivity index (χ1) is 13.1. The number of aromatic nitrogens is 1. The highest BCUT2D eigenvalue weighted by molar-refractivity contribution is 6.41. The van der Waals surface area contributed by atoms with Gasteiger partial charge in [-0.25, -0.2) is 0 Å². The van der Waals surface area contributed by atoms with E-state index in [1.807, 2.05) is 24.5 Å². The van der Waals surface area contributed by atoms with E-state index in [2.05, 4.69) is 20.5 Å². The molecule has 7 heteroatoms. The molecule has 0 bridgehead atoms. The third-order valence-corrected chi connectivity index (χ3v) is 5.07. The van der Waals surface area contributed by atoms with Crippen LogP contribution in [0.2, 0.25) is 5.02 Å². The van der Waals surface area contributed by atoms with Crippen LogP contribution in [0.25, 0.3) is 0 Å². The summed E-state index contributed by atoms with van der Waals surface area (Å²) in [5, 5.41) is 5.67. The average molecular weight is 387 g/mol. The summed E-state index contributed by atoms with van der Waals surface area (Å²) in [4.78, 5) is 30.5. The number of carbonyl (C=O) groups excluding carboxylic acids is 2. The molecule has 2 aromatic rings. The van der Waals surface area contributed by atoms with Crippen LogP contribution < -0.4 is 10.6 Å². The van der Waals surface area contributed by atoms with Gasteiger partial charge in [-0.1, -0.05) is 23.7 Å². The maximum Gasteiger partial charge on any atom is 0.313 e. The Morgan fingerprint density at radius 3 is 2.48 bits per heavy atom. The molecule has 0 aliphatic carbocycles. The van der Waals surface area contributed by atoms with Gasteiger partial charge in [-0.3, -0.25) is 19.5 Å². The van der Waals surface area contributed by atoms with Crippen molar-refractivity contribution in [1.82, 2.24) is 15.2 Å². The molecule has 0 radical (unpaired) electrons. The molecule has 0 spiro atoms. The van der Waals surface area contributed by atoms with Crippen LogP contribution in [0.1, 0.15) is 18.4 Å². The number of halogens is 1. The molecule has 1 aliphatic heterocycles. The minimum atomic E-state index is -0.696. The Morgan fingerprint density at radius 1 is 1.07 bits per heavy atom. The number of carbonyl (C=O) groups is 2. The summed E-state index contributed by atoms with van der Waals surface area (Å²) in [6.07, 6.45) is 5.62. The van der Waals surface area contributed by atoms with Crippen LogP contribution in [0.4, 0.5) is 5.69 Å². The number of nitrogens with zero attached hydrogens (tertiary/aromatic N) is 2. The first kappa shape index (κ1) is 19.3. The number of hydrogen-bond acceptors (Lipinski definition) is 4. The molecule has 2 heterocycles. The lowest BCUT2D eigenvalue weighted by molar-refractivity contribution is -0.136. The van der Waals surface area contributed by atoms with Crippen LogP contribution in [0.5, 0.6) is 0 Å². The molecular weight excluding hydrogens is 364 g/mol.